The van der Waals surface area contributed by atoms with Gasteiger partial charge in [-0.25, -0.2) is 4.79 Å². The number of ether oxygens (including phenoxy) is 3. The molecule has 0 aliphatic carbocycles. The predicted octanol–water partition coefficient (Wildman–Crippen LogP) is 8.81. The quantitative estimate of drug-likeness (QED) is 0.0330. The summed E-state index contributed by atoms with van der Waals surface area (Å²) in [6.07, 6.45) is 1.05. The topological polar surface area (TPSA) is 122 Å². The van der Waals surface area contributed by atoms with Gasteiger partial charge in [0.05, 0.1) is 13.7 Å². The molecule has 0 heterocycles. The minimum absolute atomic E-state index is 0.00121. The van der Waals surface area contributed by atoms with Crippen LogP contribution in [-0.4, -0.2) is 65.9 Å². The zero-order valence-electron chi connectivity index (χ0n) is 33.1. The van der Waals surface area contributed by atoms with Crippen LogP contribution in [0.5, 0.6) is 11.5 Å². The molecule has 4 rings (SSSR count). The molecule has 0 fully saturated rings. The van der Waals surface area contributed by atoms with Gasteiger partial charge in [0, 0.05) is 49.0 Å². The van der Waals surface area contributed by atoms with E-state index in [1.807, 2.05) is 118 Å². The van der Waals surface area contributed by atoms with E-state index in [4.69, 9.17) is 27.5 Å². The van der Waals surface area contributed by atoms with Gasteiger partial charge in [0.15, 0.2) is 5.78 Å². The van der Waals surface area contributed by atoms with E-state index in [0.717, 1.165) is 28.9 Å². The van der Waals surface area contributed by atoms with Crippen LogP contribution in [0, 0.1) is 0 Å². The van der Waals surface area contributed by atoms with Crippen molar-refractivity contribution in [3.8, 4) is 11.5 Å². The van der Waals surface area contributed by atoms with Crippen molar-refractivity contribution in [1.82, 2.24) is 5.32 Å². The standard InChI is InChI=1S/C44H57NO9Si/c1-7-51-55(52-8-2,53-9-3)31-11-29-45-43(48)50-30-10-28-44(5,38-20-18-36(19-21-38)33(4)46)39-22-26-41(27-23-39)54-42(47)37-16-12-34(13-17-37)32-35-14-24-40(49-6)25-15-35/h12-27,42,47H,7-11,28-32H2,1-6H3,(H,45,48). The van der Waals surface area contributed by atoms with Gasteiger partial charge in [0.1, 0.15) is 11.5 Å². The Labute approximate surface area is 327 Å². The highest BCUT2D eigenvalue weighted by Gasteiger charge is 2.39. The molecular weight excluding hydrogens is 715 g/mol. The number of carbonyl (C=O) groups is 2. The van der Waals surface area contributed by atoms with E-state index in [-0.39, 0.29) is 12.4 Å². The Kier molecular flexibility index (Phi) is 16.9. The van der Waals surface area contributed by atoms with Gasteiger partial charge in [0.2, 0.25) is 6.29 Å². The monoisotopic (exact) mass is 771 g/mol. The molecule has 2 N–H and O–H groups in total. The van der Waals surface area contributed by atoms with Crippen molar-refractivity contribution in [3.63, 3.8) is 0 Å². The van der Waals surface area contributed by atoms with Crippen LogP contribution in [-0.2, 0) is 29.9 Å². The van der Waals surface area contributed by atoms with Gasteiger partial charge >= 0.3 is 14.9 Å². The lowest BCUT2D eigenvalue weighted by atomic mass is 9.73. The maximum absolute atomic E-state index is 12.6. The van der Waals surface area contributed by atoms with E-state index in [0.29, 0.717) is 68.5 Å². The molecule has 296 valence electrons. The Morgan fingerprint density at radius 1 is 0.745 bits per heavy atom. The molecular formula is C44H57NO9Si. The van der Waals surface area contributed by atoms with Crippen molar-refractivity contribution in [2.24, 2.45) is 0 Å². The molecule has 55 heavy (non-hydrogen) atoms. The van der Waals surface area contributed by atoms with E-state index in [1.165, 1.54) is 5.56 Å². The molecule has 0 saturated carbocycles. The summed E-state index contributed by atoms with van der Waals surface area (Å²) in [4.78, 5) is 24.6. The van der Waals surface area contributed by atoms with Gasteiger partial charge in [-0.05, 0) is 99.9 Å². The second kappa shape index (κ2) is 21.5. The van der Waals surface area contributed by atoms with Crippen LogP contribution >= 0.6 is 0 Å². The molecule has 0 aliphatic rings. The fourth-order valence-corrected chi connectivity index (χ4v) is 9.16. The zero-order chi connectivity index (χ0) is 39.7. The second-order valence-electron chi connectivity index (χ2n) is 13.5. The molecule has 0 bridgehead atoms. The van der Waals surface area contributed by atoms with Crippen LogP contribution in [0.2, 0.25) is 6.04 Å². The van der Waals surface area contributed by atoms with Crippen LogP contribution in [0.3, 0.4) is 0 Å². The molecule has 1 amide bonds. The number of carbonyl (C=O) groups excluding carboxylic acids is 2. The van der Waals surface area contributed by atoms with Crippen molar-refractivity contribution in [3.05, 3.63) is 130 Å². The van der Waals surface area contributed by atoms with Gasteiger partial charge in [-0.15, -0.1) is 0 Å². The molecule has 4 aromatic rings. The molecule has 4 aromatic carbocycles. The molecule has 0 spiro atoms. The molecule has 10 nitrogen and oxygen atoms in total. The highest BCUT2D eigenvalue weighted by Crippen LogP contribution is 2.38. The zero-order valence-corrected chi connectivity index (χ0v) is 34.1. The number of ketones is 1. The highest BCUT2D eigenvalue weighted by molar-refractivity contribution is 6.60. The summed E-state index contributed by atoms with van der Waals surface area (Å²) in [5.74, 6) is 1.35. The average Bonchev–Trinajstić information content (AvgIpc) is 3.19. The number of hydrogen-bond donors (Lipinski definition) is 2. The highest BCUT2D eigenvalue weighted by atomic mass is 28.4. The van der Waals surface area contributed by atoms with E-state index in [2.05, 4.69) is 12.2 Å². The summed E-state index contributed by atoms with van der Waals surface area (Å²) in [5.41, 5.74) is 5.14. The first kappa shape index (κ1) is 43.2. The molecule has 0 radical (unpaired) electrons. The van der Waals surface area contributed by atoms with Crippen LogP contribution < -0.4 is 14.8 Å². The summed E-state index contributed by atoms with van der Waals surface area (Å²) >= 11 is 0. The smallest absolute Gasteiger partial charge is 0.497 e. The molecule has 2 atom stereocenters. The second-order valence-corrected chi connectivity index (χ2v) is 16.2. The summed E-state index contributed by atoms with van der Waals surface area (Å²) in [5, 5.41) is 13.8. The van der Waals surface area contributed by atoms with Crippen LogP contribution in [0.25, 0.3) is 0 Å². The summed E-state index contributed by atoms with van der Waals surface area (Å²) in [6, 6.07) is 31.6. The van der Waals surface area contributed by atoms with E-state index in [9.17, 15) is 14.7 Å². The summed E-state index contributed by atoms with van der Waals surface area (Å²) < 4.78 is 34.4. The number of rotatable bonds is 23. The van der Waals surface area contributed by atoms with Crippen LogP contribution in [0.15, 0.2) is 97.1 Å². The third kappa shape index (κ3) is 12.8. The average molecular weight is 772 g/mol. The predicted molar refractivity (Wildman–Crippen MR) is 216 cm³/mol. The number of amides is 1. The maximum atomic E-state index is 12.6. The Bertz CT molecular complexity index is 1730. The normalized spacial score (nSPS) is 13.1. The number of hydrogen-bond acceptors (Lipinski definition) is 9. The largest absolute Gasteiger partial charge is 0.500 e. The number of Topliss-reactive ketones (excluding diaryl/α,β-unsaturated/α-hetero) is 1. The lowest BCUT2D eigenvalue weighted by Gasteiger charge is -2.31. The molecule has 0 aliphatic heterocycles. The summed E-state index contributed by atoms with van der Waals surface area (Å²) in [6.45, 7) is 11.6. The van der Waals surface area contributed by atoms with Gasteiger partial charge in [-0.2, -0.15) is 0 Å². The first-order valence-electron chi connectivity index (χ1n) is 19.2. The van der Waals surface area contributed by atoms with Crippen molar-refractivity contribution in [1.29, 1.82) is 0 Å². The fourth-order valence-electron chi connectivity index (χ4n) is 6.54. The van der Waals surface area contributed by atoms with Gasteiger partial charge in [-0.1, -0.05) is 79.7 Å². The Balaban J connectivity index is 1.35. The Morgan fingerprint density at radius 3 is 1.80 bits per heavy atom. The molecule has 2 unspecified atom stereocenters. The number of methoxy groups -OCH3 is 1. The first-order valence-corrected chi connectivity index (χ1v) is 21.1. The van der Waals surface area contributed by atoms with E-state index in [1.54, 1.807) is 14.0 Å². The Hall–Kier alpha value is -4.52. The number of aliphatic hydroxyl groups excluding tert-OH is 1. The Morgan fingerprint density at radius 2 is 1.27 bits per heavy atom. The summed E-state index contributed by atoms with van der Waals surface area (Å²) in [7, 11) is -1.12. The lowest BCUT2D eigenvalue weighted by Crippen LogP contribution is -2.46. The minimum atomic E-state index is -2.77. The molecule has 0 saturated heterocycles. The molecule has 11 heteroatoms. The van der Waals surface area contributed by atoms with Crippen LogP contribution in [0.1, 0.15) is 98.3 Å². The molecule has 0 aromatic heterocycles. The van der Waals surface area contributed by atoms with E-state index < -0.39 is 26.6 Å². The van der Waals surface area contributed by atoms with Gasteiger partial charge in [0.25, 0.3) is 0 Å². The van der Waals surface area contributed by atoms with Gasteiger partial charge in [-0.3, -0.25) is 4.79 Å². The lowest BCUT2D eigenvalue weighted by molar-refractivity contribution is -0.0194. The van der Waals surface area contributed by atoms with Crippen molar-refractivity contribution < 1.29 is 42.2 Å². The first-order chi connectivity index (χ1) is 26.5. The minimum Gasteiger partial charge on any atom is -0.497 e. The van der Waals surface area contributed by atoms with Crippen molar-refractivity contribution >= 4 is 20.7 Å². The van der Waals surface area contributed by atoms with Crippen molar-refractivity contribution in [2.45, 2.75) is 78.1 Å². The van der Waals surface area contributed by atoms with Crippen molar-refractivity contribution in [2.75, 3.05) is 40.1 Å². The third-order valence-electron chi connectivity index (χ3n) is 9.58. The number of aliphatic hydroxyl groups is 1. The third-order valence-corrected chi connectivity index (χ3v) is 12.7. The number of nitrogens with one attached hydrogen (secondary N) is 1. The van der Waals surface area contributed by atoms with E-state index >= 15 is 0 Å². The fraction of sp³-hybridized carbons (Fsp3) is 0.409. The number of alkyl carbamates (subject to hydrolysis) is 1. The maximum Gasteiger partial charge on any atom is 0.500 e. The SMILES string of the molecule is CCO[Si](CCCNC(=O)OCCCC(C)(c1ccc(OC(O)c2ccc(Cc3ccc(OC)cc3)cc2)cc1)c1ccc(C(C)=O)cc1)(OCC)OCC. The van der Waals surface area contributed by atoms with Crippen LogP contribution in [0.4, 0.5) is 4.79 Å². The number of benzene rings is 4. The van der Waals surface area contributed by atoms with Gasteiger partial charge < -0.3 is 37.9 Å².